The van der Waals surface area contributed by atoms with Crippen molar-refractivity contribution in [3.63, 3.8) is 0 Å². The third kappa shape index (κ3) is 2.79. The van der Waals surface area contributed by atoms with Gasteiger partial charge in [0.15, 0.2) is 0 Å². The third-order valence-corrected chi connectivity index (χ3v) is 5.95. The Kier molecular flexibility index (Phi) is 4.03. The van der Waals surface area contributed by atoms with Crippen LogP contribution >= 0.6 is 11.3 Å². The largest absolute Gasteiger partial charge is 0.300 e. The van der Waals surface area contributed by atoms with Crippen molar-refractivity contribution in [2.45, 2.75) is 10.9 Å². The number of amidine groups is 1. The molecule has 7 heteroatoms. The molecule has 2 heterocycles. The van der Waals surface area contributed by atoms with Crippen LogP contribution in [0.3, 0.4) is 0 Å². The molecule has 1 unspecified atom stereocenters. The van der Waals surface area contributed by atoms with Crippen LogP contribution in [0.25, 0.3) is 0 Å². The molecule has 1 N–H and O–H groups in total. The van der Waals surface area contributed by atoms with Gasteiger partial charge in [-0.25, -0.2) is 8.42 Å². The number of benzene rings is 1. The van der Waals surface area contributed by atoms with Crippen molar-refractivity contribution in [2.24, 2.45) is 4.99 Å². The van der Waals surface area contributed by atoms with Crippen LogP contribution in [0.1, 0.15) is 16.5 Å². The first-order chi connectivity index (χ1) is 10.5. The monoisotopic (exact) mass is 335 g/mol. The highest BCUT2D eigenvalue weighted by molar-refractivity contribution is 7.90. The molecule has 116 valence electrons. The predicted octanol–water partition coefficient (Wildman–Crippen LogP) is 2.09. The van der Waals surface area contributed by atoms with E-state index < -0.39 is 10.0 Å². The van der Waals surface area contributed by atoms with Crippen LogP contribution in [0.15, 0.2) is 51.7 Å². The molecule has 0 radical (unpaired) electrons. The molecule has 0 fully saturated rings. The zero-order valence-electron chi connectivity index (χ0n) is 12.4. The number of aliphatic imine (C=N–C) groups is 1. The number of likely N-dealkylation sites (N-methyl/N-ethyl adjacent to an activating group) is 1. The summed E-state index contributed by atoms with van der Waals surface area (Å²) in [6.07, 6.45) is 0. The first kappa shape index (κ1) is 15.2. The minimum atomic E-state index is -3.47. The minimum Gasteiger partial charge on any atom is -0.300 e. The molecule has 2 aromatic rings. The lowest BCUT2D eigenvalue weighted by atomic mass is 10.2. The van der Waals surface area contributed by atoms with Gasteiger partial charge in [0, 0.05) is 10.4 Å². The zero-order chi connectivity index (χ0) is 15.7. The van der Waals surface area contributed by atoms with Gasteiger partial charge >= 0.3 is 0 Å². The highest BCUT2D eigenvalue weighted by Crippen LogP contribution is 2.25. The summed E-state index contributed by atoms with van der Waals surface area (Å²) < 4.78 is 26.7. The summed E-state index contributed by atoms with van der Waals surface area (Å²) in [6.45, 7) is 0.500. The Balaban J connectivity index is 1.91. The lowest BCUT2D eigenvalue weighted by molar-refractivity contribution is 0.311. The average molecular weight is 335 g/mol. The summed E-state index contributed by atoms with van der Waals surface area (Å²) in [6, 6.07) is 11.1. The molecule has 0 amide bonds. The van der Waals surface area contributed by atoms with E-state index in [1.54, 1.807) is 29.5 Å². The van der Waals surface area contributed by atoms with Gasteiger partial charge in [-0.05, 0) is 37.7 Å². The van der Waals surface area contributed by atoms with Crippen LogP contribution in [0.5, 0.6) is 0 Å². The molecule has 0 saturated heterocycles. The van der Waals surface area contributed by atoms with E-state index in [0.717, 1.165) is 0 Å². The van der Waals surface area contributed by atoms with Gasteiger partial charge in [0.05, 0.1) is 17.5 Å². The van der Waals surface area contributed by atoms with Gasteiger partial charge in [0.25, 0.3) is 10.0 Å². The number of sulfonamides is 1. The van der Waals surface area contributed by atoms with Crippen molar-refractivity contribution >= 4 is 27.2 Å². The second-order valence-corrected chi connectivity index (χ2v) is 7.92. The van der Waals surface area contributed by atoms with Crippen LogP contribution < -0.4 is 4.72 Å². The summed E-state index contributed by atoms with van der Waals surface area (Å²) in [5.41, 5.74) is 0.645. The van der Waals surface area contributed by atoms with E-state index in [9.17, 15) is 8.42 Å². The number of hydrogen-bond acceptors (Lipinski definition) is 5. The number of nitrogens with one attached hydrogen (secondary N) is 1. The molecular weight excluding hydrogens is 318 g/mol. The quantitative estimate of drug-likeness (QED) is 0.931. The second kappa shape index (κ2) is 5.83. The molecule has 0 aliphatic carbocycles. The highest BCUT2D eigenvalue weighted by Gasteiger charge is 2.30. The van der Waals surface area contributed by atoms with Gasteiger partial charge in [0.1, 0.15) is 5.84 Å². The number of nitrogens with zero attached hydrogens (tertiary/aromatic N) is 2. The number of fused-ring (bicyclic) bond motifs is 1. The fourth-order valence-electron chi connectivity index (χ4n) is 2.42. The molecule has 1 atom stereocenters. The Morgan fingerprint density at radius 1 is 1.23 bits per heavy atom. The number of rotatable bonds is 4. The summed E-state index contributed by atoms with van der Waals surface area (Å²) >= 11 is 1.68. The number of thiophene rings is 1. The van der Waals surface area contributed by atoms with Crippen LogP contribution in [0.4, 0.5) is 0 Å². The standard InChI is InChI=1S/C15H17N3O2S2/c1-18(2)12(13-7-5-9-21-13)10-16-15-11-6-3-4-8-14(11)22(19,20)17-15/h3-9,12H,10H2,1-2H3,(H,16,17). The topological polar surface area (TPSA) is 61.8 Å². The Bertz CT molecular complexity index is 796. The zero-order valence-corrected chi connectivity index (χ0v) is 14.0. The molecule has 1 aromatic heterocycles. The van der Waals surface area contributed by atoms with Crippen molar-refractivity contribution in [3.8, 4) is 0 Å². The van der Waals surface area contributed by atoms with Crippen LogP contribution in [-0.4, -0.2) is 39.8 Å². The fourth-order valence-corrected chi connectivity index (χ4v) is 4.58. The number of hydrogen-bond donors (Lipinski definition) is 1. The van der Waals surface area contributed by atoms with Gasteiger partial charge in [-0.2, -0.15) is 0 Å². The van der Waals surface area contributed by atoms with E-state index in [4.69, 9.17) is 0 Å². The van der Waals surface area contributed by atoms with Crippen LogP contribution in [0, 0.1) is 0 Å². The van der Waals surface area contributed by atoms with Crippen molar-refractivity contribution in [1.29, 1.82) is 0 Å². The molecule has 22 heavy (non-hydrogen) atoms. The van der Waals surface area contributed by atoms with Gasteiger partial charge < -0.3 is 4.90 Å². The average Bonchev–Trinajstić information content (AvgIpc) is 3.07. The maximum atomic E-state index is 12.1. The molecule has 0 bridgehead atoms. The smallest absolute Gasteiger partial charge is 0.263 e. The lowest BCUT2D eigenvalue weighted by Gasteiger charge is -2.21. The Hall–Kier alpha value is -1.70. The normalized spacial score (nSPS) is 19.1. The van der Waals surface area contributed by atoms with Crippen molar-refractivity contribution in [2.75, 3.05) is 20.6 Å². The summed E-state index contributed by atoms with van der Waals surface area (Å²) in [5.74, 6) is 0.430. The Morgan fingerprint density at radius 3 is 2.68 bits per heavy atom. The van der Waals surface area contributed by atoms with Crippen molar-refractivity contribution in [1.82, 2.24) is 9.62 Å². The van der Waals surface area contributed by atoms with E-state index in [-0.39, 0.29) is 6.04 Å². The van der Waals surface area contributed by atoms with Gasteiger partial charge in [-0.15, -0.1) is 11.3 Å². The molecule has 3 rings (SSSR count). The van der Waals surface area contributed by atoms with Crippen molar-refractivity contribution in [3.05, 3.63) is 52.2 Å². The Labute approximate surface area is 134 Å². The van der Waals surface area contributed by atoms with Gasteiger partial charge in [-0.1, -0.05) is 18.2 Å². The van der Waals surface area contributed by atoms with Gasteiger partial charge in [0.2, 0.25) is 0 Å². The first-order valence-electron chi connectivity index (χ1n) is 6.85. The molecule has 0 spiro atoms. The van der Waals surface area contributed by atoms with E-state index in [0.29, 0.717) is 22.8 Å². The minimum absolute atomic E-state index is 0.129. The maximum Gasteiger partial charge on any atom is 0.263 e. The highest BCUT2D eigenvalue weighted by atomic mass is 32.2. The maximum absolute atomic E-state index is 12.1. The lowest BCUT2D eigenvalue weighted by Crippen LogP contribution is -2.26. The van der Waals surface area contributed by atoms with Crippen LogP contribution in [0.2, 0.25) is 0 Å². The molecule has 1 aliphatic rings. The van der Waals surface area contributed by atoms with E-state index in [2.05, 4.69) is 20.7 Å². The fraction of sp³-hybridized carbons (Fsp3) is 0.267. The van der Waals surface area contributed by atoms with Crippen molar-refractivity contribution < 1.29 is 8.42 Å². The van der Waals surface area contributed by atoms with E-state index in [1.807, 2.05) is 31.6 Å². The molecule has 1 aromatic carbocycles. The second-order valence-electron chi connectivity index (χ2n) is 5.29. The van der Waals surface area contributed by atoms with Crippen LogP contribution in [-0.2, 0) is 10.0 Å². The first-order valence-corrected chi connectivity index (χ1v) is 9.22. The molecule has 0 saturated carbocycles. The molecule has 5 nitrogen and oxygen atoms in total. The summed E-state index contributed by atoms with van der Waals surface area (Å²) in [5, 5.41) is 2.03. The van der Waals surface area contributed by atoms with E-state index in [1.165, 1.54) is 4.88 Å². The van der Waals surface area contributed by atoms with E-state index >= 15 is 0 Å². The molecular formula is C15H17N3O2S2. The third-order valence-electron chi connectivity index (χ3n) is 3.58. The van der Waals surface area contributed by atoms with Gasteiger partial charge in [-0.3, -0.25) is 9.71 Å². The SMILES string of the molecule is CN(C)C(CN=C1NS(=O)(=O)c2ccccc21)c1cccs1. The predicted molar refractivity (Wildman–Crippen MR) is 88.9 cm³/mol. The Morgan fingerprint density at radius 2 is 2.00 bits per heavy atom. The summed E-state index contributed by atoms with van der Waals surface area (Å²) in [7, 11) is 0.526. The summed E-state index contributed by atoms with van der Waals surface area (Å²) in [4.78, 5) is 8.13. The molecule has 1 aliphatic heterocycles.